The average Bonchev–Trinajstić information content (AvgIpc) is 2.83. The fourth-order valence-corrected chi connectivity index (χ4v) is 3.08. The molecule has 0 bridgehead atoms. The molecule has 3 nitrogen and oxygen atoms in total. The maximum atomic E-state index is 11.6. The van der Waals surface area contributed by atoms with Crippen LogP contribution in [-0.4, -0.2) is 34.7 Å². The molecule has 1 amide bonds. The molecular weight excluding hydrogens is 246 g/mol. The Hall–Kier alpha value is -1.26. The third-order valence-corrected chi connectivity index (χ3v) is 4.14. The van der Waals surface area contributed by atoms with E-state index in [1.165, 1.54) is 6.08 Å². The minimum atomic E-state index is -0.721. The topological polar surface area (TPSA) is 49.3 Å². The van der Waals surface area contributed by atoms with E-state index in [9.17, 15) is 9.90 Å². The van der Waals surface area contributed by atoms with Gasteiger partial charge in [-0.05, 0) is 23.8 Å². The van der Waals surface area contributed by atoms with Crippen LogP contribution in [0.1, 0.15) is 12.0 Å². The van der Waals surface area contributed by atoms with Gasteiger partial charge in [-0.15, -0.1) is 0 Å². The first-order valence-corrected chi connectivity index (χ1v) is 7.15. The number of carbonyl (C=O) groups excluding carboxylic acids is 1. The van der Waals surface area contributed by atoms with E-state index in [1.807, 2.05) is 30.3 Å². The van der Waals surface area contributed by atoms with Crippen molar-refractivity contribution in [3.63, 3.8) is 0 Å². The van der Waals surface area contributed by atoms with Gasteiger partial charge in [0.25, 0.3) is 0 Å². The number of hydrogen-bond acceptors (Lipinski definition) is 3. The number of benzene rings is 1. The third-order valence-electron chi connectivity index (χ3n) is 2.90. The smallest absolute Gasteiger partial charge is 0.244 e. The molecule has 1 saturated heterocycles. The van der Waals surface area contributed by atoms with Crippen LogP contribution >= 0.6 is 11.8 Å². The van der Waals surface area contributed by atoms with Crippen molar-refractivity contribution in [2.45, 2.75) is 12.0 Å². The van der Waals surface area contributed by atoms with Crippen LogP contribution in [-0.2, 0) is 4.79 Å². The Balaban J connectivity index is 1.80. The maximum absolute atomic E-state index is 11.6. The number of thioether (sulfide) groups is 1. The SMILES string of the molecule is O=C(C=Cc1ccccc1)NCC1(O)CCSC1. The second kappa shape index (κ2) is 6.07. The molecule has 4 heteroatoms. The Morgan fingerprint density at radius 2 is 2.22 bits per heavy atom. The van der Waals surface area contributed by atoms with Crippen LogP contribution in [0.2, 0.25) is 0 Å². The number of amides is 1. The fourth-order valence-electron chi connectivity index (χ4n) is 1.78. The van der Waals surface area contributed by atoms with Crippen LogP contribution in [0.15, 0.2) is 36.4 Å². The summed E-state index contributed by atoms with van der Waals surface area (Å²) in [5, 5.41) is 12.8. The molecular formula is C14H17NO2S. The van der Waals surface area contributed by atoms with E-state index >= 15 is 0 Å². The first kappa shape index (κ1) is 13.2. The summed E-state index contributed by atoms with van der Waals surface area (Å²) >= 11 is 1.72. The molecule has 96 valence electrons. The molecule has 0 radical (unpaired) electrons. The molecule has 0 spiro atoms. The Bertz CT molecular complexity index is 425. The summed E-state index contributed by atoms with van der Waals surface area (Å²) in [7, 11) is 0. The normalized spacial score (nSPS) is 23.4. The van der Waals surface area contributed by atoms with Crippen molar-refractivity contribution in [2.75, 3.05) is 18.1 Å². The highest BCUT2D eigenvalue weighted by molar-refractivity contribution is 7.99. The molecule has 0 aliphatic carbocycles. The second-order valence-electron chi connectivity index (χ2n) is 4.49. The average molecular weight is 263 g/mol. The molecule has 1 aromatic rings. The molecule has 1 aliphatic rings. The van der Waals surface area contributed by atoms with Gasteiger partial charge in [0.1, 0.15) is 0 Å². The molecule has 2 rings (SSSR count). The predicted octanol–water partition coefficient (Wildman–Crippen LogP) is 1.68. The van der Waals surface area contributed by atoms with Crippen molar-refractivity contribution in [1.82, 2.24) is 5.32 Å². The van der Waals surface area contributed by atoms with E-state index < -0.39 is 5.60 Å². The lowest BCUT2D eigenvalue weighted by atomic mass is 10.0. The molecule has 0 aromatic heterocycles. The largest absolute Gasteiger partial charge is 0.387 e. The first-order valence-electron chi connectivity index (χ1n) is 5.99. The molecule has 1 unspecified atom stereocenters. The molecule has 1 atom stereocenters. The highest BCUT2D eigenvalue weighted by Crippen LogP contribution is 2.26. The Morgan fingerprint density at radius 3 is 2.89 bits per heavy atom. The van der Waals surface area contributed by atoms with Crippen molar-refractivity contribution in [1.29, 1.82) is 0 Å². The number of rotatable bonds is 4. The van der Waals surface area contributed by atoms with Gasteiger partial charge < -0.3 is 10.4 Å². The van der Waals surface area contributed by atoms with Gasteiger partial charge in [0.05, 0.1) is 5.60 Å². The van der Waals surface area contributed by atoms with Gasteiger partial charge in [-0.25, -0.2) is 0 Å². The van der Waals surface area contributed by atoms with Gasteiger partial charge in [-0.2, -0.15) is 11.8 Å². The molecule has 1 fully saturated rings. The minimum absolute atomic E-state index is 0.163. The van der Waals surface area contributed by atoms with Gasteiger partial charge in [0.15, 0.2) is 0 Å². The van der Waals surface area contributed by atoms with Crippen molar-refractivity contribution >= 4 is 23.7 Å². The van der Waals surface area contributed by atoms with Crippen LogP contribution in [0.25, 0.3) is 6.08 Å². The molecule has 0 saturated carbocycles. The molecule has 18 heavy (non-hydrogen) atoms. The second-order valence-corrected chi connectivity index (χ2v) is 5.59. The highest BCUT2D eigenvalue weighted by atomic mass is 32.2. The summed E-state index contributed by atoms with van der Waals surface area (Å²) in [6.07, 6.45) is 4.02. The van der Waals surface area contributed by atoms with E-state index in [0.29, 0.717) is 12.3 Å². The summed E-state index contributed by atoms with van der Waals surface area (Å²) in [4.78, 5) is 11.6. The number of nitrogens with one attached hydrogen (secondary N) is 1. The summed E-state index contributed by atoms with van der Waals surface area (Å²) < 4.78 is 0. The lowest BCUT2D eigenvalue weighted by Gasteiger charge is -2.20. The Kier molecular flexibility index (Phi) is 4.44. The van der Waals surface area contributed by atoms with Crippen LogP contribution in [0.4, 0.5) is 0 Å². The summed E-state index contributed by atoms with van der Waals surface area (Å²) in [5.41, 5.74) is 0.267. The summed E-state index contributed by atoms with van der Waals surface area (Å²) in [6, 6.07) is 9.66. The first-order chi connectivity index (χ1) is 8.68. The van der Waals surface area contributed by atoms with Crippen molar-refractivity contribution in [3.05, 3.63) is 42.0 Å². The van der Waals surface area contributed by atoms with Crippen molar-refractivity contribution in [3.8, 4) is 0 Å². The summed E-state index contributed by atoms with van der Waals surface area (Å²) in [6.45, 7) is 0.331. The van der Waals surface area contributed by atoms with Crippen LogP contribution in [0.5, 0.6) is 0 Å². The maximum Gasteiger partial charge on any atom is 0.244 e. The van der Waals surface area contributed by atoms with Gasteiger partial charge in [-0.1, -0.05) is 30.3 Å². The van der Waals surface area contributed by atoms with Crippen LogP contribution in [0.3, 0.4) is 0 Å². The van der Waals surface area contributed by atoms with Crippen molar-refractivity contribution in [2.24, 2.45) is 0 Å². The van der Waals surface area contributed by atoms with E-state index in [2.05, 4.69) is 5.32 Å². The molecule has 1 aromatic carbocycles. The summed E-state index contributed by atoms with van der Waals surface area (Å²) in [5.74, 6) is 1.51. The zero-order chi connectivity index (χ0) is 12.8. The molecule has 2 N–H and O–H groups in total. The number of hydrogen-bond donors (Lipinski definition) is 2. The molecule has 1 aliphatic heterocycles. The highest BCUT2D eigenvalue weighted by Gasteiger charge is 2.31. The minimum Gasteiger partial charge on any atom is -0.387 e. The zero-order valence-electron chi connectivity index (χ0n) is 10.1. The van der Waals surface area contributed by atoms with Gasteiger partial charge in [-0.3, -0.25) is 4.79 Å². The van der Waals surface area contributed by atoms with Crippen LogP contribution in [0, 0.1) is 0 Å². The predicted molar refractivity (Wildman–Crippen MR) is 75.4 cm³/mol. The van der Waals surface area contributed by atoms with Gasteiger partial charge >= 0.3 is 0 Å². The van der Waals surface area contributed by atoms with Crippen LogP contribution < -0.4 is 5.32 Å². The van der Waals surface area contributed by atoms with E-state index in [4.69, 9.17) is 0 Å². The standard InChI is InChI=1S/C14H17NO2S/c16-13(7-6-12-4-2-1-3-5-12)15-10-14(17)8-9-18-11-14/h1-7,17H,8-11H2,(H,15,16). The van der Waals surface area contributed by atoms with Gasteiger partial charge in [0, 0.05) is 18.4 Å². The monoisotopic (exact) mass is 263 g/mol. The van der Waals surface area contributed by atoms with E-state index in [-0.39, 0.29) is 5.91 Å². The fraction of sp³-hybridized carbons (Fsp3) is 0.357. The quantitative estimate of drug-likeness (QED) is 0.813. The van der Waals surface area contributed by atoms with E-state index in [1.54, 1.807) is 17.8 Å². The number of carbonyl (C=O) groups is 1. The zero-order valence-corrected chi connectivity index (χ0v) is 11.0. The lowest BCUT2D eigenvalue weighted by molar-refractivity contribution is -0.117. The Labute approximate surface area is 111 Å². The lowest BCUT2D eigenvalue weighted by Crippen LogP contribution is -2.42. The molecule has 1 heterocycles. The Morgan fingerprint density at radius 1 is 1.44 bits per heavy atom. The third kappa shape index (κ3) is 3.89. The van der Waals surface area contributed by atoms with Gasteiger partial charge in [0.2, 0.25) is 5.91 Å². The van der Waals surface area contributed by atoms with E-state index in [0.717, 1.165) is 17.7 Å². The number of aliphatic hydroxyl groups is 1. The van der Waals surface area contributed by atoms with Crippen molar-refractivity contribution < 1.29 is 9.90 Å².